The molecule has 1 aromatic heterocycles. The summed E-state index contributed by atoms with van der Waals surface area (Å²) in [5.41, 5.74) is 2.45. The maximum absolute atomic E-state index is 11.2. The van der Waals surface area contributed by atoms with Gasteiger partial charge in [-0.05, 0) is 25.5 Å². The molecule has 0 aliphatic rings. The molecular formula is C15H19N3O3S. The molecule has 1 unspecified atom stereocenters. The molecule has 1 aromatic carbocycles. The second-order valence-electron chi connectivity index (χ2n) is 5.16. The molecule has 0 saturated heterocycles. The van der Waals surface area contributed by atoms with Crippen molar-refractivity contribution in [3.8, 4) is 0 Å². The third kappa shape index (κ3) is 3.61. The fraction of sp³-hybridized carbons (Fsp3) is 0.400. The molecule has 2 aromatic rings. The Labute approximate surface area is 133 Å². The van der Waals surface area contributed by atoms with Crippen LogP contribution in [0.4, 0.5) is 11.4 Å². The first-order chi connectivity index (χ1) is 10.4. The number of nitro benzene ring substituents is 1. The second kappa shape index (κ2) is 6.85. The van der Waals surface area contributed by atoms with Gasteiger partial charge in [-0.1, -0.05) is 6.07 Å². The van der Waals surface area contributed by atoms with Crippen molar-refractivity contribution in [2.24, 2.45) is 0 Å². The zero-order valence-corrected chi connectivity index (χ0v) is 13.9. The van der Waals surface area contributed by atoms with Crippen LogP contribution in [0.1, 0.15) is 29.3 Å². The SMILES string of the molecule is COC(C)c1nc(CN(C)c2ccc(C)cc2[N+](=O)[O-])cs1. The molecule has 22 heavy (non-hydrogen) atoms. The lowest BCUT2D eigenvalue weighted by Gasteiger charge is -2.18. The lowest BCUT2D eigenvalue weighted by molar-refractivity contribution is -0.384. The highest BCUT2D eigenvalue weighted by Crippen LogP contribution is 2.30. The smallest absolute Gasteiger partial charge is 0.292 e. The van der Waals surface area contributed by atoms with Crippen LogP contribution in [-0.2, 0) is 11.3 Å². The first-order valence-electron chi connectivity index (χ1n) is 6.85. The average molecular weight is 321 g/mol. The van der Waals surface area contributed by atoms with Gasteiger partial charge in [-0.25, -0.2) is 4.98 Å². The molecule has 1 heterocycles. The van der Waals surface area contributed by atoms with Gasteiger partial charge in [-0.3, -0.25) is 10.1 Å². The second-order valence-corrected chi connectivity index (χ2v) is 6.05. The van der Waals surface area contributed by atoms with Gasteiger partial charge in [-0.15, -0.1) is 11.3 Å². The number of rotatable bonds is 6. The molecule has 6 nitrogen and oxygen atoms in total. The fourth-order valence-corrected chi connectivity index (χ4v) is 2.96. The molecule has 2 rings (SSSR count). The standard InChI is InChI=1S/C15H19N3O3S/c1-10-5-6-13(14(7-10)18(19)20)17(3)8-12-9-22-15(16-12)11(2)21-4/h5-7,9,11H,8H2,1-4H3. The van der Waals surface area contributed by atoms with Crippen molar-refractivity contribution < 1.29 is 9.66 Å². The first kappa shape index (κ1) is 16.4. The van der Waals surface area contributed by atoms with Gasteiger partial charge in [0, 0.05) is 25.6 Å². The minimum Gasteiger partial charge on any atom is -0.375 e. The van der Waals surface area contributed by atoms with E-state index in [9.17, 15) is 10.1 Å². The minimum atomic E-state index is -0.349. The third-order valence-corrected chi connectivity index (χ3v) is 4.46. The highest BCUT2D eigenvalue weighted by Gasteiger charge is 2.18. The summed E-state index contributed by atoms with van der Waals surface area (Å²) in [4.78, 5) is 17.2. The predicted octanol–water partition coefficient (Wildman–Crippen LogP) is 3.70. The number of anilines is 1. The Morgan fingerprint density at radius 2 is 2.23 bits per heavy atom. The van der Waals surface area contributed by atoms with E-state index in [1.807, 2.05) is 37.2 Å². The van der Waals surface area contributed by atoms with Gasteiger partial charge in [-0.2, -0.15) is 0 Å². The summed E-state index contributed by atoms with van der Waals surface area (Å²) in [5.74, 6) is 0. The average Bonchev–Trinajstić information content (AvgIpc) is 2.94. The molecule has 0 aliphatic heterocycles. The van der Waals surface area contributed by atoms with E-state index in [1.54, 1.807) is 19.2 Å². The van der Waals surface area contributed by atoms with Crippen molar-refractivity contribution >= 4 is 22.7 Å². The van der Waals surface area contributed by atoms with Gasteiger partial charge in [0.15, 0.2) is 0 Å². The van der Waals surface area contributed by atoms with E-state index in [0.717, 1.165) is 16.3 Å². The number of benzene rings is 1. The van der Waals surface area contributed by atoms with Crippen LogP contribution in [0.25, 0.3) is 0 Å². The van der Waals surface area contributed by atoms with Crippen LogP contribution in [0.3, 0.4) is 0 Å². The Balaban J connectivity index is 2.20. The highest BCUT2D eigenvalue weighted by molar-refractivity contribution is 7.09. The minimum absolute atomic E-state index is 0.0437. The fourth-order valence-electron chi connectivity index (χ4n) is 2.11. The molecule has 1 atom stereocenters. The van der Waals surface area contributed by atoms with E-state index in [-0.39, 0.29) is 16.7 Å². The quantitative estimate of drug-likeness (QED) is 0.599. The summed E-state index contributed by atoms with van der Waals surface area (Å²) in [6.45, 7) is 4.30. The number of nitrogens with zero attached hydrogens (tertiary/aromatic N) is 3. The number of methoxy groups -OCH3 is 1. The van der Waals surface area contributed by atoms with Crippen LogP contribution in [0.15, 0.2) is 23.6 Å². The number of hydrogen-bond acceptors (Lipinski definition) is 6. The summed E-state index contributed by atoms with van der Waals surface area (Å²) >= 11 is 1.54. The Bertz CT molecular complexity index is 672. The summed E-state index contributed by atoms with van der Waals surface area (Å²) in [6, 6.07) is 5.24. The number of hydrogen-bond donors (Lipinski definition) is 0. The van der Waals surface area contributed by atoms with Gasteiger partial charge >= 0.3 is 0 Å². The zero-order valence-electron chi connectivity index (χ0n) is 13.1. The first-order valence-corrected chi connectivity index (χ1v) is 7.73. The Morgan fingerprint density at radius 3 is 2.86 bits per heavy atom. The maximum Gasteiger partial charge on any atom is 0.292 e. The van der Waals surface area contributed by atoms with Crippen LogP contribution in [0.2, 0.25) is 0 Å². The van der Waals surface area contributed by atoms with Crippen molar-refractivity contribution in [2.45, 2.75) is 26.5 Å². The molecule has 0 aliphatic carbocycles. The maximum atomic E-state index is 11.2. The largest absolute Gasteiger partial charge is 0.375 e. The molecular weight excluding hydrogens is 302 g/mol. The lowest BCUT2D eigenvalue weighted by Crippen LogP contribution is -2.18. The van der Waals surface area contributed by atoms with Gasteiger partial charge in [0.1, 0.15) is 16.8 Å². The van der Waals surface area contributed by atoms with E-state index >= 15 is 0 Å². The van der Waals surface area contributed by atoms with Crippen LogP contribution >= 0.6 is 11.3 Å². The van der Waals surface area contributed by atoms with E-state index in [2.05, 4.69) is 4.98 Å². The monoisotopic (exact) mass is 321 g/mol. The molecule has 0 fully saturated rings. The molecule has 0 saturated carbocycles. The van der Waals surface area contributed by atoms with Gasteiger partial charge < -0.3 is 9.64 Å². The number of aryl methyl sites for hydroxylation is 1. The molecule has 0 amide bonds. The summed E-state index contributed by atoms with van der Waals surface area (Å²) < 4.78 is 5.25. The van der Waals surface area contributed by atoms with Crippen molar-refractivity contribution in [3.05, 3.63) is 50.0 Å². The van der Waals surface area contributed by atoms with E-state index in [1.165, 1.54) is 11.3 Å². The highest BCUT2D eigenvalue weighted by atomic mass is 32.1. The van der Waals surface area contributed by atoms with Gasteiger partial charge in [0.2, 0.25) is 0 Å². The van der Waals surface area contributed by atoms with Crippen molar-refractivity contribution in [3.63, 3.8) is 0 Å². The Hall–Kier alpha value is -1.99. The Kier molecular flexibility index (Phi) is 5.10. The van der Waals surface area contributed by atoms with Crippen molar-refractivity contribution in [1.82, 2.24) is 4.98 Å². The number of nitro groups is 1. The van der Waals surface area contributed by atoms with Crippen LogP contribution in [0, 0.1) is 17.0 Å². The van der Waals surface area contributed by atoms with E-state index < -0.39 is 0 Å². The molecule has 7 heteroatoms. The topological polar surface area (TPSA) is 68.5 Å². The van der Waals surface area contributed by atoms with Crippen LogP contribution in [-0.4, -0.2) is 24.1 Å². The molecule has 0 radical (unpaired) electrons. The van der Waals surface area contributed by atoms with E-state index in [4.69, 9.17) is 4.74 Å². The zero-order chi connectivity index (χ0) is 16.3. The molecule has 0 spiro atoms. The van der Waals surface area contributed by atoms with Crippen LogP contribution in [0.5, 0.6) is 0 Å². The predicted molar refractivity (Wildman–Crippen MR) is 87.5 cm³/mol. The Morgan fingerprint density at radius 1 is 1.50 bits per heavy atom. The molecule has 0 bridgehead atoms. The molecule has 118 valence electrons. The summed E-state index contributed by atoms with van der Waals surface area (Å²) in [5, 5.41) is 14.1. The summed E-state index contributed by atoms with van der Waals surface area (Å²) in [7, 11) is 3.48. The summed E-state index contributed by atoms with van der Waals surface area (Å²) in [6.07, 6.45) is -0.0437. The normalized spacial score (nSPS) is 12.2. The van der Waals surface area contributed by atoms with E-state index in [0.29, 0.717) is 12.2 Å². The van der Waals surface area contributed by atoms with Gasteiger partial charge in [0.25, 0.3) is 5.69 Å². The lowest BCUT2D eigenvalue weighted by atomic mass is 10.2. The van der Waals surface area contributed by atoms with Gasteiger partial charge in [0.05, 0.1) is 17.2 Å². The third-order valence-electron chi connectivity index (χ3n) is 3.41. The van der Waals surface area contributed by atoms with Crippen LogP contribution < -0.4 is 4.90 Å². The number of ether oxygens (including phenoxy) is 1. The van der Waals surface area contributed by atoms with Crippen molar-refractivity contribution in [2.75, 3.05) is 19.1 Å². The number of thiazole rings is 1. The number of aromatic nitrogens is 1. The van der Waals surface area contributed by atoms with Crippen molar-refractivity contribution in [1.29, 1.82) is 0 Å². The molecule has 0 N–H and O–H groups in total.